The third-order valence-electron chi connectivity index (χ3n) is 3.34. The molecular weight excluding hydrogens is 262 g/mol. The van der Waals surface area contributed by atoms with Gasteiger partial charge in [0.2, 0.25) is 0 Å². The molecule has 0 N–H and O–H groups in total. The van der Waals surface area contributed by atoms with Crippen LogP contribution in [0.4, 0.5) is 0 Å². The zero-order valence-corrected chi connectivity index (χ0v) is 12.2. The molecule has 3 heteroatoms. The summed E-state index contributed by atoms with van der Waals surface area (Å²) in [5, 5.41) is 8.77. The molecule has 106 valence electrons. The van der Waals surface area contributed by atoms with Crippen molar-refractivity contribution in [3.05, 3.63) is 64.7 Å². The van der Waals surface area contributed by atoms with Crippen LogP contribution in [0.15, 0.2) is 42.5 Å². The highest BCUT2D eigenvalue weighted by Crippen LogP contribution is 2.22. The van der Waals surface area contributed by atoms with Gasteiger partial charge in [0, 0.05) is 11.1 Å². The van der Waals surface area contributed by atoms with Crippen molar-refractivity contribution in [2.24, 2.45) is 0 Å². The predicted molar refractivity (Wildman–Crippen MR) is 81.3 cm³/mol. The predicted octanol–water partition coefficient (Wildman–Crippen LogP) is 3.84. The molecule has 0 aliphatic heterocycles. The Morgan fingerprint density at radius 1 is 1.19 bits per heavy atom. The molecule has 0 aliphatic carbocycles. The van der Waals surface area contributed by atoms with Gasteiger partial charge < -0.3 is 4.74 Å². The molecule has 0 bridgehead atoms. The largest absolute Gasteiger partial charge is 0.489 e. The van der Waals surface area contributed by atoms with Gasteiger partial charge in [0.1, 0.15) is 18.4 Å². The van der Waals surface area contributed by atoms with Crippen LogP contribution in [-0.2, 0) is 13.0 Å². The van der Waals surface area contributed by atoms with E-state index in [0.717, 1.165) is 23.3 Å². The van der Waals surface area contributed by atoms with Crippen LogP contribution in [0.25, 0.3) is 0 Å². The number of nitrogens with zero attached hydrogens (tertiary/aromatic N) is 1. The number of benzene rings is 2. The van der Waals surface area contributed by atoms with Gasteiger partial charge >= 0.3 is 0 Å². The number of carbonyl (C=O) groups is 1. The van der Waals surface area contributed by atoms with E-state index in [2.05, 4.69) is 13.0 Å². The molecule has 0 unspecified atom stereocenters. The monoisotopic (exact) mass is 279 g/mol. The Kier molecular flexibility index (Phi) is 4.73. The zero-order valence-electron chi connectivity index (χ0n) is 12.2. The average Bonchev–Trinajstić information content (AvgIpc) is 2.53. The molecule has 0 amide bonds. The molecule has 2 aromatic carbocycles. The number of carbonyl (C=O) groups excluding carboxylic acids is 1. The second-order valence-corrected chi connectivity index (χ2v) is 4.85. The molecule has 0 atom stereocenters. The van der Waals surface area contributed by atoms with Crippen molar-refractivity contribution in [2.45, 2.75) is 26.9 Å². The standard InChI is InChI=1S/C18H17NO2/c1-3-14-10-13(2)8-9-18(14)21-12-15-6-4-5-7-16(15)17(20)11-19/h4-10H,3,12H2,1-2H3. The lowest BCUT2D eigenvalue weighted by Crippen LogP contribution is -2.05. The fraction of sp³-hybridized carbons (Fsp3) is 0.222. The summed E-state index contributed by atoms with van der Waals surface area (Å²) in [5.74, 6) is 0.288. The van der Waals surface area contributed by atoms with E-state index in [9.17, 15) is 4.79 Å². The van der Waals surface area contributed by atoms with E-state index in [1.165, 1.54) is 5.56 Å². The molecule has 3 nitrogen and oxygen atoms in total. The van der Waals surface area contributed by atoms with Gasteiger partial charge in [-0.05, 0) is 31.0 Å². The average molecular weight is 279 g/mol. The highest BCUT2D eigenvalue weighted by molar-refractivity contribution is 6.08. The number of hydrogen-bond donors (Lipinski definition) is 0. The maximum absolute atomic E-state index is 11.6. The quantitative estimate of drug-likeness (QED) is 0.617. The van der Waals surface area contributed by atoms with Crippen LogP contribution >= 0.6 is 0 Å². The lowest BCUT2D eigenvalue weighted by Gasteiger charge is -2.12. The fourth-order valence-electron chi connectivity index (χ4n) is 2.21. The van der Waals surface area contributed by atoms with Crippen LogP contribution in [0.1, 0.15) is 34.0 Å². The van der Waals surface area contributed by atoms with Crippen molar-refractivity contribution >= 4 is 5.78 Å². The molecule has 0 aromatic heterocycles. The topological polar surface area (TPSA) is 50.1 Å². The number of aryl methyl sites for hydroxylation is 2. The maximum Gasteiger partial charge on any atom is 0.262 e. The normalized spacial score (nSPS) is 9.95. The van der Waals surface area contributed by atoms with Crippen molar-refractivity contribution < 1.29 is 9.53 Å². The summed E-state index contributed by atoms with van der Waals surface area (Å²) >= 11 is 0. The van der Waals surface area contributed by atoms with Crippen LogP contribution in [0.5, 0.6) is 5.75 Å². The minimum absolute atomic E-state index is 0.277. The van der Waals surface area contributed by atoms with E-state index in [4.69, 9.17) is 10.00 Å². The summed E-state index contributed by atoms with van der Waals surface area (Å²) in [7, 11) is 0. The Bertz CT molecular complexity index is 699. The minimum Gasteiger partial charge on any atom is -0.489 e. The summed E-state index contributed by atoms with van der Waals surface area (Å²) in [5.41, 5.74) is 3.47. The van der Waals surface area contributed by atoms with Gasteiger partial charge in [0.05, 0.1) is 0 Å². The van der Waals surface area contributed by atoms with E-state index in [-0.39, 0.29) is 6.61 Å². The van der Waals surface area contributed by atoms with Crippen molar-refractivity contribution in [1.29, 1.82) is 5.26 Å². The smallest absolute Gasteiger partial charge is 0.262 e. The molecule has 2 rings (SSSR count). The number of rotatable bonds is 5. The number of hydrogen-bond acceptors (Lipinski definition) is 3. The van der Waals surface area contributed by atoms with E-state index in [1.807, 2.05) is 31.2 Å². The molecule has 0 aliphatic rings. The summed E-state index contributed by atoms with van der Waals surface area (Å²) < 4.78 is 5.84. The number of nitriles is 1. The first-order valence-electron chi connectivity index (χ1n) is 6.90. The van der Waals surface area contributed by atoms with Gasteiger partial charge in [0.15, 0.2) is 0 Å². The van der Waals surface area contributed by atoms with Gasteiger partial charge in [-0.2, -0.15) is 5.26 Å². The third-order valence-corrected chi connectivity index (χ3v) is 3.34. The summed E-state index contributed by atoms with van der Waals surface area (Å²) in [6.45, 7) is 4.40. The number of Topliss-reactive ketones (excluding diaryl/α,β-unsaturated/α-hetero) is 1. The summed E-state index contributed by atoms with van der Waals surface area (Å²) in [4.78, 5) is 11.6. The van der Waals surface area contributed by atoms with Crippen molar-refractivity contribution in [2.75, 3.05) is 0 Å². The van der Waals surface area contributed by atoms with E-state index < -0.39 is 5.78 Å². The Morgan fingerprint density at radius 2 is 1.95 bits per heavy atom. The van der Waals surface area contributed by atoms with Crippen molar-refractivity contribution in [3.8, 4) is 11.8 Å². The van der Waals surface area contributed by atoms with Crippen molar-refractivity contribution in [3.63, 3.8) is 0 Å². The second kappa shape index (κ2) is 6.71. The highest BCUT2D eigenvalue weighted by atomic mass is 16.5. The van der Waals surface area contributed by atoms with Gasteiger partial charge in [0.25, 0.3) is 5.78 Å². The second-order valence-electron chi connectivity index (χ2n) is 4.85. The first-order valence-corrected chi connectivity index (χ1v) is 6.90. The summed E-state index contributed by atoms with van der Waals surface area (Å²) in [6.07, 6.45) is 0.885. The Balaban J connectivity index is 2.21. The first kappa shape index (κ1) is 14.8. The first-order chi connectivity index (χ1) is 10.2. The molecule has 2 aromatic rings. The van der Waals surface area contributed by atoms with Crippen LogP contribution in [0.2, 0.25) is 0 Å². The van der Waals surface area contributed by atoms with Crippen LogP contribution in [0, 0.1) is 18.3 Å². The zero-order chi connectivity index (χ0) is 15.2. The molecule has 0 fully saturated rings. The SMILES string of the molecule is CCc1cc(C)ccc1OCc1ccccc1C(=O)C#N. The maximum atomic E-state index is 11.6. The number of ether oxygens (including phenoxy) is 1. The van der Waals surface area contributed by atoms with Crippen LogP contribution in [0.3, 0.4) is 0 Å². The van der Waals surface area contributed by atoms with Gasteiger partial charge in [-0.1, -0.05) is 42.8 Å². The lowest BCUT2D eigenvalue weighted by atomic mass is 10.0. The Labute approximate surface area is 124 Å². The van der Waals surface area contributed by atoms with Gasteiger partial charge in [-0.15, -0.1) is 0 Å². The van der Waals surface area contributed by atoms with Crippen LogP contribution in [-0.4, -0.2) is 5.78 Å². The molecule has 0 saturated carbocycles. The Hall–Kier alpha value is -2.60. The molecule has 0 saturated heterocycles. The van der Waals surface area contributed by atoms with E-state index in [1.54, 1.807) is 18.2 Å². The lowest BCUT2D eigenvalue weighted by molar-refractivity contribution is 0.105. The van der Waals surface area contributed by atoms with E-state index in [0.29, 0.717) is 5.56 Å². The van der Waals surface area contributed by atoms with Gasteiger partial charge in [-0.25, -0.2) is 0 Å². The van der Waals surface area contributed by atoms with Crippen molar-refractivity contribution in [1.82, 2.24) is 0 Å². The molecule has 0 heterocycles. The third kappa shape index (κ3) is 3.49. The fourth-order valence-corrected chi connectivity index (χ4v) is 2.21. The molecule has 0 radical (unpaired) electrons. The number of ketones is 1. The Morgan fingerprint density at radius 3 is 2.67 bits per heavy atom. The van der Waals surface area contributed by atoms with Gasteiger partial charge in [-0.3, -0.25) is 4.79 Å². The molecular formula is C18H17NO2. The van der Waals surface area contributed by atoms with E-state index >= 15 is 0 Å². The highest BCUT2D eigenvalue weighted by Gasteiger charge is 2.11. The summed E-state index contributed by atoms with van der Waals surface area (Å²) in [6, 6.07) is 14.7. The van der Waals surface area contributed by atoms with Crippen LogP contribution < -0.4 is 4.74 Å². The molecule has 0 spiro atoms. The minimum atomic E-state index is -0.533. The molecule has 21 heavy (non-hydrogen) atoms.